The second-order valence-corrected chi connectivity index (χ2v) is 4.72. The van der Waals surface area contributed by atoms with Crippen LogP contribution in [-0.4, -0.2) is 31.0 Å². The highest BCUT2D eigenvalue weighted by molar-refractivity contribution is 5.77. The molecule has 0 saturated heterocycles. The molecule has 17 heavy (non-hydrogen) atoms. The van der Waals surface area contributed by atoms with Crippen molar-refractivity contribution in [1.82, 2.24) is 4.90 Å². The maximum Gasteiger partial charge on any atom is 0.260 e. The van der Waals surface area contributed by atoms with Crippen molar-refractivity contribution >= 4 is 5.91 Å². The smallest absolute Gasteiger partial charge is 0.260 e. The lowest BCUT2D eigenvalue weighted by Gasteiger charge is -2.19. The number of hydrogen-bond donors (Lipinski definition) is 0. The Hall–Kier alpha value is -1.51. The first-order chi connectivity index (χ1) is 8.00. The van der Waals surface area contributed by atoms with Crippen LogP contribution in [0.5, 0.6) is 5.75 Å². The topological polar surface area (TPSA) is 29.5 Å². The highest BCUT2D eigenvalue weighted by Gasteiger charge is 2.11. The standard InChI is InChI=1S/C14H21NO2/c1-11(2)9-15(4)14(16)10-17-13-8-6-5-7-12(13)3/h5-8,11H,9-10H2,1-4H3. The number of benzene rings is 1. The summed E-state index contributed by atoms with van der Waals surface area (Å²) in [7, 11) is 1.81. The highest BCUT2D eigenvalue weighted by atomic mass is 16.5. The zero-order valence-corrected chi connectivity index (χ0v) is 11.1. The minimum absolute atomic E-state index is 0.0157. The van der Waals surface area contributed by atoms with Crippen LogP contribution in [-0.2, 0) is 4.79 Å². The molecule has 1 aromatic carbocycles. The maximum absolute atomic E-state index is 11.8. The maximum atomic E-state index is 11.8. The number of para-hydroxylation sites is 1. The van der Waals surface area contributed by atoms with Crippen molar-refractivity contribution in [2.45, 2.75) is 20.8 Å². The fourth-order valence-corrected chi connectivity index (χ4v) is 1.62. The number of hydrogen-bond acceptors (Lipinski definition) is 2. The van der Waals surface area contributed by atoms with Gasteiger partial charge in [0.25, 0.3) is 5.91 Å². The summed E-state index contributed by atoms with van der Waals surface area (Å²) in [5.74, 6) is 1.27. The predicted octanol–water partition coefficient (Wildman–Crippen LogP) is 2.49. The van der Waals surface area contributed by atoms with E-state index in [0.29, 0.717) is 5.92 Å². The molecule has 0 atom stereocenters. The van der Waals surface area contributed by atoms with Crippen LogP contribution in [0, 0.1) is 12.8 Å². The molecular formula is C14H21NO2. The molecule has 0 spiro atoms. The molecule has 0 saturated carbocycles. The monoisotopic (exact) mass is 235 g/mol. The number of likely N-dealkylation sites (N-methyl/N-ethyl adjacent to an activating group) is 1. The predicted molar refractivity (Wildman–Crippen MR) is 69.1 cm³/mol. The molecular weight excluding hydrogens is 214 g/mol. The Morgan fingerprint density at radius 2 is 2.00 bits per heavy atom. The minimum Gasteiger partial charge on any atom is -0.484 e. The first kappa shape index (κ1) is 13.6. The minimum atomic E-state index is 0.0157. The highest BCUT2D eigenvalue weighted by Crippen LogP contribution is 2.15. The normalized spacial score (nSPS) is 10.4. The van der Waals surface area contributed by atoms with E-state index in [4.69, 9.17) is 4.74 Å². The van der Waals surface area contributed by atoms with Gasteiger partial charge >= 0.3 is 0 Å². The molecule has 0 heterocycles. The van der Waals surface area contributed by atoms with E-state index >= 15 is 0 Å². The molecule has 1 aromatic rings. The van der Waals surface area contributed by atoms with Crippen LogP contribution in [0.1, 0.15) is 19.4 Å². The number of carbonyl (C=O) groups is 1. The van der Waals surface area contributed by atoms with Gasteiger partial charge in [-0.2, -0.15) is 0 Å². The van der Waals surface area contributed by atoms with Crippen molar-refractivity contribution in [3.8, 4) is 5.75 Å². The van der Waals surface area contributed by atoms with Gasteiger partial charge < -0.3 is 9.64 Å². The summed E-state index contributed by atoms with van der Waals surface area (Å²) in [4.78, 5) is 13.5. The lowest BCUT2D eigenvalue weighted by atomic mass is 10.2. The van der Waals surface area contributed by atoms with E-state index in [1.807, 2.05) is 38.2 Å². The summed E-state index contributed by atoms with van der Waals surface area (Å²) in [5, 5.41) is 0. The third-order valence-corrected chi connectivity index (χ3v) is 2.51. The summed E-state index contributed by atoms with van der Waals surface area (Å²) >= 11 is 0. The SMILES string of the molecule is Cc1ccccc1OCC(=O)N(C)CC(C)C. The summed E-state index contributed by atoms with van der Waals surface area (Å²) < 4.78 is 5.51. The molecule has 0 aliphatic heterocycles. The van der Waals surface area contributed by atoms with Crippen molar-refractivity contribution in [2.75, 3.05) is 20.2 Å². The first-order valence-electron chi connectivity index (χ1n) is 5.93. The van der Waals surface area contributed by atoms with E-state index in [1.54, 1.807) is 4.90 Å². The van der Waals surface area contributed by atoms with Gasteiger partial charge in [-0.3, -0.25) is 4.79 Å². The molecule has 0 bridgehead atoms. The second kappa shape index (κ2) is 6.28. The van der Waals surface area contributed by atoms with E-state index < -0.39 is 0 Å². The second-order valence-electron chi connectivity index (χ2n) is 4.72. The first-order valence-corrected chi connectivity index (χ1v) is 5.93. The summed E-state index contributed by atoms with van der Waals surface area (Å²) in [6.45, 7) is 7.01. The van der Waals surface area contributed by atoms with Crippen molar-refractivity contribution in [2.24, 2.45) is 5.92 Å². The van der Waals surface area contributed by atoms with Crippen molar-refractivity contribution in [1.29, 1.82) is 0 Å². The lowest BCUT2D eigenvalue weighted by molar-refractivity contribution is -0.132. The fraction of sp³-hybridized carbons (Fsp3) is 0.500. The Bertz CT molecular complexity index is 374. The Kier molecular flexibility index (Phi) is 5.01. The average molecular weight is 235 g/mol. The summed E-state index contributed by atoms with van der Waals surface area (Å²) in [6.07, 6.45) is 0. The van der Waals surface area contributed by atoms with Gasteiger partial charge in [-0.15, -0.1) is 0 Å². The number of carbonyl (C=O) groups excluding carboxylic acids is 1. The molecule has 0 unspecified atom stereocenters. The van der Waals surface area contributed by atoms with Gasteiger partial charge in [-0.1, -0.05) is 32.0 Å². The quantitative estimate of drug-likeness (QED) is 0.784. The van der Waals surface area contributed by atoms with Crippen LogP contribution in [0.2, 0.25) is 0 Å². The molecule has 0 aliphatic carbocycles. The third-order valence-electron chi connectivity index (χ3n) is 2.51. The van der Waals surface area contributed by atoms with E-state index in [0.717, 1.165) is 17.9 Å². The van der Waals surface area contributed by atoms with Gasteiger partial charge in [-0.25, -0.2) is 0 Å². The Morgan fingerprint density at radius 1 is 1.35 bits per heavy atom. The number of rotatable bonds is 5. The fourth-order valence-electron chi connectivity index (χ4n) is 1.62. The largest absolute Gasteiger partial charge is 0.484 e. The van der Waals surface area contributed by atoms with E-state index in [-0.39, 0.29) is 12.5 Å². The van der Waals surface area contributed by atoms with Crippen LogP contribution < -0.4 is 4.74 Å². The molecule has 3 heteroatoms. The third kappa shape index (κ3) is 4.47. The van der Waals surface area contributed by atoms with E-state index in [9.17, 15) is 4.79 Å². The molecule has 1 rings (SSSR count). The lowest BCUT2D eigenvalue weighted by Crippen LogP contribution is -2.34. The van der Waals surface area contributed by atoms with Crippen LogP contribution >= 0.6 is 0 Å². The van der Waals surface area contributed by atoms with Gasteiger partial charge in [0.1, 0.15) is 5.75 Å². The van der Waals surface area contributed by atoms with Gasteiger partial charge in [-0.05, 0) is 24.5 Å². The number of amides is 1. The van der Waals surface area contributed by atoms with Gasteiger partial charge in [0.2, 0.25) is 0 Å². The molecule has 1 amide bonds. The molecule has 0 N–H and O–H groups in total. The van der Waals surface area contributed by atoms with Crippen LogP contribution in [0.25, 0.3) is 0 Å². The van der Waals surface area contributed by atoms with Crippen LogP contribution in [0.4, 0.5) is 0 Å². The Labute approximate surface area is 103 Å². The Balaban J connectivity index is 2.46. The van der Waals surface area contributed by atoms with Gasteiger partial charge in [0.05, 0.1) is 0 Å². The molecule has 94 valence electrons. The van der Waals surface area contributed by atoms with Crippen molar-refractivity contribution < 1.29 is 9.53 Å². The zero-order chi connectivity index (χ0) is 12.8. The molecule has 0 aliphatic rings. The van der Waals surface area contributed by atoms with E-state index in [1.165, 1.54) is 0 Å². The number of ether oxygens (including phenoxy) is 1. The van der Waals surface area contributed by atoms with Crippen LogP contribution in [0.15, 0.2) is 24.3 Å². The van der Waals surface area contributed by atoms with Gasteiger partial charge in [0.15, 0.2) is 6.61 Å². The molecule has 0 radical (unpaired) electrons. The summed E-state index contributed by atoms with van der Waals surface area (Å²) in [5.41, 5.74) is 1.05. The Morgan fingerprint density at radius 3 is 2.59 bits per heavy atom. The van der Waals surface area contributed by atoms with Crippen molar-refractivity contribution in [3.63, 3.8) is 0 Å². The zero-order valence-electron chi connectivity index (χ0n) is 11.1. The summed E-state index contributed by atoms with van der Waals surface area (Å²) in [6, 6.07) is 7.71. The number of aryl methyl sites for hydroxylation is 1. The van der Waals surface area contributed by atoms with E-state index in [2.05, 4.69) is 13.8 Å². The molecule has 0 fully saturated rings. The van der Waals surface area contributed by atoms with Crippen molar-refractivity contribution in [3.05, 3.63) is 29.8 Å². The molecule has 3 nitrogen and oxygen atoms in total. The number of nitrogens with zero attached hydrogens (tertiary/aromatic N) is 1. The molecule has 0 aromatic heterocycles. The van der Waals surface area contributed by atoms with Gasteiger partial charge in [0, 0.05) is 13.6 Å². The average Bonchev–Trinajstić information content (AvgIpc) is 2.26. The van der Waals surface area contributed by atoms with Crippen LogP contribution in [0.3, 0.4) is 0 Å².